The van der Waals surface area contributed by atoms with Crippen LogP contribution in [0.3, 0.4) is 0 Å². The van der Waals surface area contributed by atoms with Crippen molar-refractivity contribution in [1.82, 2.24) is 0 Å². The molecule has 0 heterocycles. The Bertz CT molecular complexity index is 381. The molecule has 1 aromatic rings. The van der Waals surface area contributed by atoms with Gasteiger partial charge in [0.25, 0.3) is 0 Å². The highest BCUT2D eigenvalue weighted by Gasteiger charge is 2.32. The normalized spacial score (nSPS) is 10.7. The van der Waals surface area contributed by atoms with Crippen LogP contribution in [0.2, 0.25) is 0 Å². The van der Waals surface area contributed by atoms with Crippen molar-refractivity contribution in [1.29, 1.82) is 5.26 Å². The summed E-state index contributed by atoms with van der Waals surface area (Å²) in [7, 11) is 0. The Labute approximate surface area is 77.0 Å². The van der Waals surface area contributed by atoms with Crippen LogP contribution in [-0.2, 0) is 0 Å². The van der Waals surface area contributed by atoms with E-state index in [4.69, 9.17) is 10.4 Å². The van der Waals surface area contributed by atoms with Crippen molar-refractivity contribution in [2.24, 2.45) is 0 Å². The summed E-state index contributed by atoms with van der Waals surface area (Å²) >= 11 is 0. The first kappa shape index (κ1) is 10.2. The van der Waals surface area contributed by atoms with Gasteiger partial charge in [0.1, 0.15) is 0 Å². The molecule has 0 unspecified atom stereocenters. The topological polar surface area (TPSA) is 53.2 Å². The SMILES string of the molecule is N#Cc1ccc(O)c(OC(F)(F)F)c1. The van der Waals surface area contributed by atoms with Crippen LogP contribution >= 0.6 is 0 Å². The van der Waals surface area contributed by atoms with Gasteiger partial charge in [0.15, 0.2) is 11.5 Å². The van der Waals surface area contributed by atoms with Crippen LogP contribution in [0.25, 0.3) is 0 Å². The highest BCUT2D eigenvalue weighted by Crippen LogP contribution is 2.31. The molecule has 0 saturated carbocycles. The van der Waals surface area contributed by atoms with Crippen molar-refractivity contribution in [3.05, 3.63) is 23.8 Å². The number of ether oxygens (including phenoxy) is 1. The van der Waals surface area contributed by atoms with Crippen LogP contribution < -0.4 is 4.74 Å². The first-order chi connectivity index (χ1) is 6.42. The van der Waals surface area contributed by atoms with Gasteiger partial charge in [0.2, 0.25) is 0 Å². The molecule has 3 nitrogen and oxygen atoms in total. The van der Waals surface area contributed by atoms with Crippen molar-refractivity contribution >= 4 is 0 Å². The number of phenols is 1. The van der Waals surface area contributed by atoms with Gasteiger partial charge in [-0.2, -0.15) is 5.26 Å². The fourth-order valence-electron chi connectivity index (χ4n) is 0.790. The first-order valence-electron chi connectivity index (χ1n) is 3.41. The van der Waals surface area contributed by atoms with Crippen LogP contribution in [0.4, 0.5) is 13.2 Å². The summed E-state index contributed by atoms with van der Waals surface area (Å²) in [4.78, 5) is 0. The van der Waals surface area contributed by atoms with Gasteiger partial charge in [-0.25, -0.2) is 0 Å². The maximum Gasteiger partial charge on any atom is 0.573 e. The lowest BCUT2D eigenvalue weighted by Crippen LogP contribution is -2.17. The molecule has 0 aliphatic rings. The molecule has 0 amide bonds. The van der Waals surface area contributed by atoms with Gasteiger partial charge >= 0.3 is 6.36 Å². The molecular formula is C8H4F3NO2. The molecule has 1 N–H and O–H groups in total. The lowest BCUT2D eigenvalue weighted by Gasteiger charge is -2.09. The van der Waals surface area contributed by atoms with E-state index in [1.54, 1.807) is 6.07 Å². The van der Waals surface area contributed by atoms with E-state index in [0.717, 1.165) is 12.1 Å². The zero-order valence-electron chi connectivity index (χ0n) is 6.67. The van der Waals surface area contributed by atoms with E-state index in [1.165, 1.54) is 6.07 Å². The Morgan fingerprint density at radius 2 is 2.00 bits per heavy atom. The number of nitrogens with zero attached hydrogens (tertiary/aromatic N) is 1. The zero-order chi connectivity index (χ0) is 10.8. The van der Waals surface area contributed by atoms with Gasteiger partial charge in [-0.1, -0.05) is 0 Å². The van der Waals surface area contributed by atoms with Crippen molar-refractivity contribution in [3.63, 3.8) is 0 Å². The van der Waals surface area contributed by atoms with E-state index < -0.39 is 17.9 Å². The van der Waals surface area contributed by atoms with E-state index >= 15 is 0 Å². The second-order valence-corrected chi connectivity index (χ2v) is 2.34. The second kappa shape index (κ2) is 3.46. The summed E-state index contributed by atoms with van der Waals surface area (Å²) in [6.07, 6.45) is -4.88. The highest BCUT2D eigenvalue weighted by molar-refractivity contribution is 5.45. The first-order valence-corrected chi connectivity index (χ1v) is 3.41. The quantitative estimate of drug-likeness (QED) is 0.760. The average molecular weight is 203 g/mol. The van der Waals surface area contributed by atoms with Gasteiger partial charge in [-0.3, -0.25) is 0 Å². The molecule has 0 spiro atoms. The van der Waals surface area contributed by atoms with Crippen LogP contribution in [0.5, 0.6) is 11.5 Å². The van der Waals surface area contributed by atoms with Gasteiger partial charge in [0.05, 0.1) is 11.6 Å². The van der Waals surface area contributed by atoms with Crippen LogP contribution in [0.1, 0.15) is 5.56 Å². The third kappa shape index (κ3) is 2.55. The molecule has 0 aliphatic carbocycles. The standard InChI is InChI=1S/C8H4F3NO2/c9-8(10,11)14-7-3-5(4-12)1-2-6(7)13/h1-3,13H. The third-order valence-corrected chi connectivity index (χ3v) is 1.31. The number of alkyl halides is 3. The summed E-state index contributed by atoms with van der Waals surface area (Å²) in [6.45, 7) is 0. The minimum absolute atomic E-state index is 0.0259. The Kier molecular flexibility index (Phi) is 2.51. The fraction of sp³-hybridized carbons (Fsp3) is 0.125. The fourth-order valence-corrected chi connectivity index (χ4v) is 0.790. The molecule has 6 heteroatoms. The van der Waals surface area contributed by atoms with E-state index in [9.17, 15) is 13.2 Å². The van der Waals surface area contributed by atoms with Gasteiger partial charge in [-0.15, -0.1) is 13.2 Å². The second-order valence-electron chi connectivity index (χ2n) is 2.34. The molecule has 1 rings (SSSR count). The Hall–Kier alpha value is -1.90. The molecule has 0 radical (unpaired) electrons. The molecule has 0 atom stereocenters. The largest absolute Gasteiger partial charge is 0.573 e. The molecular weight excluding hydrogens is 199 g/mol. The van der Waals surface area contributed by atoms with Crippen LogP contribution in [0, 0.1) is 11.3 Å². The van der Waals surface area contributed by atoms with E-state index in [-0.39, 0.29) is 5.56 Å². The van der Waals surface area contributed by atoms with E-state index in [1.807, 2.05) is 0 Å². The monoisotopic (exact) mass is 203 g/mol. The lowest BCUT2D eigenvalue weighted by molar-refractivity contribution is -0.275. The lowest BCUT2D eigenvalue weighted by atomic mass is 10.2. The van der Waals surface area contributed by atoms with Crippen LogP contribution in [-0.4, -0.2) is 11.5 Å². The Balaban J connectivity index is 3.03. The van der Waals surface area contributed by atoms with Crippen molar-refractivity contribution in [2.75, 3.05) is 0 Å². The number of benzene rings is 1. The molecule has 1 aromatic carbocycles. The Morgan fingerprint density at radius 3 is 2.50 bits per heavy atom. The summed E-state index contributed by atoms with van der Waals surface area (Å²) < 4.78 is 38.7. The number of hydrogen-bond acceptors (Lipinski definition) is 3. The third-order valence-electron chi connectivity index (χ3n) is 1.31. The average Bonchev–Trinajstić information content (AvgIpc) is 2.06. The summed E-state index contributed by atoms with van der Waals surface area (Å²) in [5.74, 6) is -1.45. The molecule has 0 fully saturated rings. The zero-order valence-corrected chi connectivity index (χ0v) is 6.67. The molecule has 0 saturated heterocycles. The number of phenolic OH excluding ortho intramolecular Hbond substituents is 1. The molecule has 0 bridgehead atoms. The summed E-state index contributed by atoms with van der Waals surface area (Å²) in [5, 5.41) is 17.3. The van der Waals surface area contributed by atoms with E-state index in [0.29, 0.717) is 0 Å². The maximum absolute atomic E-state index is 11.7. The number of hydrogen-bond donors (Lipinski definition) is 1. The minimum Gasteiger partial charge on any atom is -0.504 e. The summed E-state index contributed by atoms with van der Waals surface area (Å²) in [5.41, 5.74) is -0.0259. The number of aromatic hydroxyl groups is 1. The smallest absolute Gasteiger partial charge is 0.504 e. The highest BCUT2D eigenvalue weighted by atomic mass is 19.4. The number of nitriles is 1. The number of halogens is 3. The summed E-state index contributed by atoms with van der Waals surface area (Å²) in [6, 6.07) is 4.57. The molecule has 74 valence electrons. The Morgan fingerprint density at radius 1 is 1.36 bits per heavy atom. The van der Waals surface area contributed by atoms with Crippen LogP contribution in [0.15, 0.2) is 18.2 Å². The van der Waals surface area contributed by atoms with Gasteiger partial charge in [-0.05, 0) is 12.1 Å². The predicted octanol–water partition coefficient (Wildman–Crippen LogP) is 2.16. The van der Waals surface area contributed by atoms with Crippen molar-refractivity contribution in [3.8, 4) is 17.6 Å². The van der Waals surface area contributed by atoms with Crippen molar-refractivity contribution < 1.29 is 23.0 Å². The van der Waals surface area contributed by atoms with Gasteiger partial charge in [0, 0.05) is 6.07 Å². The van der Waals surface area contributed by atoms with Gasteiger partial charge < -0.3 is 9.84 Å². The maximum atomic E-state index is 11.7. The molecule has 0 aromatic heterocycles. The predicted molar refractivity (Wildman–Crippen MR) is 39.5 cm³/mol. The molecule has 14 heavy (non-hydrogen) atoms. The number of rotatable bonds is 1. The van der Waals surface area contributed by atoms with E-state index in [2.05, 4.69) is 4.74 Å². The minimum atomic E-state index is -4.88. The van der Waals surface area contributed by atoms with Crippen molar-refractivity contribution in [2.45, 2.75) is 6.36 Å². The molecule has 0 aliphatic heterocycles.